The van der Waals surface area contributed by atoms with Gasteiger partial charge >= 0.3 is 5.97 Å². The summed E-state index contributed by atoms with van der Waals surface area (Å²) in [5.74, 6) is -0.778. The van der Waals surface area contributed by atoms with Gasteiger partial charge in [-0.15, -0.1) is 17.9 Å². The average molecular weight is 489 g/mol. The number of nitrogens with one attached hydrogen (secondary N) is 1. The Balaban J connectivity index is 1.59. The maximum absolute atomic E-state index is 13.1. The number of thioether (sulfide) groups is 1. The van der Waals surface area contributed by atoms with Crippen LogP contribution in [-0.4, -0.2) is 40.5 Å². The van der Waals surface area contributed by atoms with E-state index in [-0.39, 0.29) is 18.1 Å². The molecular weight excluding hydrogens is 472 g/mol. The average Bonchev–Trinajstić information content (AvgIpc) is 3.18. The van der Waals surface area contributed by atoms with Crippen LogP contribution < -0.4 is 10.1 Å². The number of fused-ring (bicyclic) bond motifs is 2. The number of ketones is 1. The fourth-order valence-corrected chi connectivity index (χ4v) is 4.98. The maximum Gasteiger partial charge on any atom is 0.313 e. The van der Waals surface area contributed by atoms with Gasteiger partial charge in [-0.25, -0.2) is 4.98 Å². The molecule has 0 saturated heterocycles. The van der Waals surface area contributed by atoms with Crippen LogP contribution in [-0.2, 0) is 9.53 Å². The second-order valence-electron chi connectivity index (χ2n) is 6.63. The van der Waals surface area contributed by atoms with Gasteiger partial charge in [0.1, 0.15) is 5.75 Å². The molecule has 1 atom stereocenters. The number of carbonyl (C=O) groups is 2. The van der Waals surface area contributed by atoms with Gasteiger partial charge in [-0.2, -0.15) is 0 Å². The summed E-state index contributed by atoms with van der Waals surface area (Å²) in [6, 6.07) is 10.4. The molecule has 10 heteroatoms. The van der Waals surface area contributed by atoms with Crippen LogP contribution in [0.5, 0.6) is 5.75 Å². The molecule has 0 saturated carbocycles. The molecule has 0 bridgehead atoms. The summed E-state index contributed by atoms with van der Waals surface area (Å²) in [5.41, 5.74) is 2.16. The van der Waals surface area contributed by atoms with E-state index in [4.69, 9.17) is 26.2 Å². The van der Waals surface area contributed by atoms with Crippen molar-refractivity contribution >= 4 is 62.4 Å². The Morgan fingerprint density at radius 1 is 1.38 bits per heavy atom. The standard InChI is InChI=1S/C22H17ClN2O5S2/c1-2-7-29-21-15(20(28)14-8-12(23)3-6-17(14)30-21)10-24-13-4-5-16-18(9-13)32-22(25-16)31-11-19(26)27/h2-6,8-10,21,24H,1,7,11H2,(H,26,27). The van der Waals surface area contributed by atoms with Crippen molar-refractivity contribution in [3.63, 3.8) is 0 Å². The van der Waals surface area contributed by atoms with Gasteiger partial charge in [0.2, 0.25) is 12.1 Å². The first-order valence-corrected chi connectivity index (χ1v) is 11.6. The summed E-state index contributed by atoms with van der Waals surface area (Å²) in [7, 11) is 0. The number of ether oxygens (including phenoxy) is 2. The smallest absolute Gasteiger partial charge is 0.313 e. The van der Waals surface area contributed by atoms with Gasteiger partial charge in [-0.3, -0.25) is 9.59 Å². The van der Waals surface area contributed by atoms with Crippen molar-refractivity contribution in [2.45, 2.75) is 10.6 Å². The van der Waals surface area contributed by atoms with Crippen molar-refractivity contribution in [2.24, 2.45) is 0 Å². The zero-order valence-corrected chi connectivity index (χ0v) is 18.9. The molecule has 3 aromatic rings. The number of carboxylic acids is 1. The Labute approximate surface area is 196 Å². The van der Waals surface area contributed by atoms with Crippen LogP contribution in [0.2, 0.25) is 5.02 Å². The van der Waals surface area contributed by atoms with Gasteiger partial charge in [-0.1, -0.05) is 29.4 Å². The van der Waals surface area contributed by atoms with Crippen molar-refractivity contribution in [1.29, 1.82) is 0 Å². The second kappa shape index (κ2) is 9.74. The van der Waals surface area contributed by atoms with Crippen LogP contribution in [0, 0.1) is 0 Å². The first-order chi connectivity index (χ1) is 15.4. The highest BCUT2D eigenvalue weighted by molar-refractivity contribution is 8.01. The van der Waals surface area contributed by atoms with Crippen molar-refractivity contribution in [2.75, 3.05) is 17.7 Å². The van der Waals surface area contributed by atoms with E-state index in [1.54, 1.807) is 30.5 Å². The second-order valence-corrected chi connectivity index (χ2v) is 9.32. The fraction of sp³-hybridized carbons (Fsp3) is 0.136. The first kappa shape index (κ1) is 22.3. The summed E-state index contributed by atoms with van der Waals surface area (Å²) in [6.07, 6.45) is 2.24. The van der Waals surface area contributed by atoms with E-state index in [0.717, 1.165) is 15.9 Å². The van der Waals surface area contributed by atoms with Crippen LogP contribution in [0.1, 0.15) is 10.4 Å². The summed E-state index contributed by atoms with van der Waals surface area (Å²) in [4.78, 5) is 28.3. The van der Waals surface area contributed by atoms with E-state index < -0.39 is 12.3 Å². The topological polar surface area (TPSA) is 97.8 Å². The number of benzene rings is 2. The normalized spacial score (nSPS) is 16.6. The van der Waals surface area contributed by atoms with E-state index >= 15 is 0 Å². The zero-order chi connectivity index (χ0) is 22.7. The molecule has 0 fully saturated rings. The molecule has 4 rings (SSSR count). The number of rotatable bonds is 8. The van der Waals surface area contributed by atoms with Gasteiger partial charge in [0.15, 0.2) is 4.34 Å². The largest absolute Gasteiger partial charge is 0.481 e. The third-order valence-electron chi connectivity index (χ3n) is 4.38. The van der Waals surface area contributed by atoms with Crippen LogP contribution >= 0.6 is 34.7 Å². The van der Waals surface area contributed by atoms with Crippen molar-refractivity contribution < 1.29 is 24.2 Å². The monoisotopic (exact) mass is 488 g/mol. The molecule has 7 nitrogen and oxygen atoms in total. The fourth-order valence-electron chi connectivity index (χ4n) is 2.98. The number of carboxylic acid groups (broad SMARTS) is 1. The van der Waals surface area contributed by atoms with E-state index in [9.17, 15) is 9.59 Å². The quantitative estimate of drug-likeness (QED) is 0.253. The summed E-state index contributed by atoms with van der Waals surface area (Å²) < 4.78 is 13.1. The predicted octanol–water partition coefficient (Wildman–Crippen LogP) is 5.23. The van der Waals surface area contributed by atoms with Gasteiger partial charge in [0, 0.05) is 16.9 Å². The third kappa shape index (κ3) is 4.97. The number of nitrogens with zero attached hydrogens (tertiary/aromatic N) is 1. The van der Waals surface area contributed by atoms with Crippen LogP contribution in [0.15, 0.2) is 65.2 Å². The minimum absolute atomic E-state index is 0.0449. The predicted molar refractivity (Wildman–Crippen MR) is 126 cm³/mol. The van der Waals surface area contributed by atoms with Crippen molar-refractivity contribution in [3.8, 4) is 5.75 Å². The van der Waals surface area contributed by atoms with E-state index in [0.29, 0.717) is 26.2 Å². The Hall–Kier alpha value is -2.85. The lowest BCUT2D eigenvalue weighted by Gasteiger charge is -2.27. The molecule has 32 heavy (non-hydrogen) atoms. The highest BCUT2D eigenvalue weighted by Crippen LogP contribution is 2.34. The SMILES string of the molecule is C=CCOC1Oc2ccc(Cl)cc2C(=O)C1=CNc1ccc2nc(SCC(=O)O)sc2c1. The maximum atomic E-state index is 13.1. The lowest BCUT2D eigenvalue weighted by Crippen LogP contribution is -2.33. The first-order valence-electron chi connectivity index (χ1n) is 9.40. The van der Waals surface area contributed by atoms with Gasteiger partial charge in [0.25, 0.3) is 0 Å². The summed E-state index contributed by atoms with van der Waals surface area (Å²) >= 11 is 8.64. The molecule has 1 aromatic heterocycles. The van der Waals surface area contributed by atoms with E-state index in [1.165, 1.54) is 23.1 Å². The number of Topliss-reactive ketones (excluding diaryl/α,β-unsaturated/α-hetero) is 1. The third-order valence-corrected chi connectivity index (χ3v) is 6.77. The number of hydrogen-bond donors (Lipinski definition) is 2. The number of halogens is 1. The minimum Gasteiger partial charge on any atom is -0.481 e. The Kier molecular flexibility index (Phi) is 6.80. The van der Waals surface area contributed by atoms with E-state index in [1.807, 2.05) is 18.2 Å². The molecule has 0 spiro atoms. The highest BCUT2D eigenvalue weighted by Gasteiger charge is 2.32. The molecule has 1 unspecified atom stereocenters. The number of carbonyl (C=O) groups excluding carboxylic acids is 1. The lowest BCUT2D eigenvalue weighted by atomic mass is 10.00. The number of aromatic nitrogens is 1. The van der Waals surface area contributed by atoms with Crippen molar-refractivity contribution in [1.82, 2.24) is 4.98 Å². The number of anilines is 1. The molecule has 2 aromatic carbocycles. The lowest BCUT2D eigenvalue weighted by molar-refractivity contribution is -0.133. The minimum atomic E-state index is -0.896. The zero-order valence-electron chi connectivity index (χ0n) is 16.5. The molecule has 1 aliphatic heterocycles. The number of thiazole rings is 1. The van der Waals surface area contributed by atoms with Gasteiger partial charge in [-0.05, 0) is 36.4 Å². The molecule has 0 radical (unpaired) electrons. The molecule has 2 N–H and O–H groups in total. The molecule has 0 aliphatic carbocycles. The van der Waals surface area contributed by atoms with Crippen molar-refractivity contribution in [3.05, 3.63) is 71.4 Å². The highest BCUT2D eigenvalue weighted by atomic mass is 35.5. The Bertz CT molecular complexity index is 1240. The van der Waals surface area contributed by atoms with E-state index in [2.05, 4.69) is 16.9 Å². The van der Waals surface area contributed by atoms with Crippen LogP contribution in [0.25, 0.3) is 10.2 Å². The number of aliphatic carboxylic acids is 1. The van der Waals surface area contributed by atoms with Crippen LogP contribution in [0.3, 0.4) is 0 Å². The Morgan fingerprint density at radius 2 is 2.22 bits per heavy atom. The Morgan fingerprint density at radius 3 is 3.00 bits per heavy atom. The number of hydrogen-bond acceptors (Lipinski definition) is 8. The molecular formula is C22H17ClN2O5S2. The van der Waals surface area contributed by atoms with Gasteiger partial charge < -0.3 is 19.9 Å². The molecule has 164 valence electrons. The molecule has 1 aliphatic rings. The summed E-state index contributed by atoms with van der Waals surface area (Å²) in [5, 5.41) is 12.4. The molecule has 0 amide bonds. The van der Waals surface area contributed by atoms with Crippen LogP contribution in [0.4, 0.5) is 5.69 Å². The molecule has 2 heterocycles. The summed E-state index contributed by atoms with van der Waals surface area (Å²) in [6.45, 7) is 3.85. The van der Waals surface area contributed by atoms with Gasteiger partial charge in [0.05, 0.1) is 33.7 Å².